The second-order valence-electron chi connectivity index (χ2n) is 27.1. The quantitative estimate of drug-likeness (QED) is 0.0114. The van der Waals surface area contributed by atoms with Crippen LogP contribution in [0.15, 0.2) is 60.9 Å². The Morgan fingerprint density at radius 3 is 1.89 bits per heavy atom. The summed E-state index contributed by atoms with van der Waals surface area (Å²) in [6, 6.07) is -9.47. The molecular formula is C69H99N23O20S2. The van der Waals surface area contributed by atoms with Gasteiger partial charge in [-0.25, -0.2) is 9.59 Å². The molecule has 27 N–H and O–H groups in total. The van der Waals surface area contributed by atoms with Gasteiger partial charge in [-0.3, -0.25) is 77.2 Å². The fourth-order valence-corrected chi connectivity index (χ4v) is 12.9. The van der Waals surface area contributed by atoms with Crippen molar-refractivity contribution >= 4 is 137 Å². The first kappa shape index (κ1) is 91.0. The Morgan fingerprint density at radius 2 is 1.28 bits per heavy atom. The number of thiol groups is 2. The monoisotopic (exact) mass is 1630 g/mol. The van der Waals surface area contributed by atoms with Gasteiger partial charge in [0.25, 0.3) is 0 Å². The fourth-order valence-electron chi connectivity index (χ4n) is 12.4. The Kier molecular flexibility index (Phi) is 35.9. The van der Waals surface area contributed by atoms with Crippen molar-refractivity contribution < 1.29 is 97.1 Å². The summed E-state index contributed by atoms with van der Waals surface area (Å²) in [4.78, 5) is 228. The molecule has 0 saturated carbocycles. The number of carboxylic acid groups (broad SMARTS) is 2. The minimum absolute atomic E-state index is 0.00342. The maximum atomic E-state index is 15.2. The molecule has 1 saturated heterocycles. The number of aliphatic hydroxyl groups is 1. The van der Waals surface area contributed by atoms with Crippen LogP contribution in [-0.4, -0.2) is 262 Å². The summed E-state index contributed by atoms with van der Waals surface area (Å²) in [5.74, 6) is -18.7. The first-order chi connectivity index (χ1) is 54.2. The van der Waals surface area contributed by atoms with Crippen LogP contribution in [-0.2, 0) is 97.7 Å². The summed E-state index contributed by atoms with van der Waals surface area (Å²) in [7, 11) is 0. The zero-order valence-electron chi connectivity index (χ0n) is 62.1. The van der Waals surface area contributed by atoms with E-state index in [2.05, 4.69) is 110 Å². The molecule has 2 aromatic heterocycles. The Balaban J connectivity index is 1.48. The van der Waals surface area contributed by atoms with Crippen LogP contribution in [0.4, 0.5) is 4.79 Å². The molecule has 2 bridgehead atoms. The molecule has 4 heterocycles. The van der Waals surface area contributed by atoms with E-state index in [1.807, 2.05) is 0 Å². The van der Waals surface area contributed by atoms with Gasteiger partial charge in [-0.1, -0.05) is 35.5 Å². The highest BCUT2D eigenvalue weighted by Crippen LogP contribution is 2.23. The number of H-pyrrole nitrogens is 1. The topological polar surface area (TPSA) is 688 Å². The molecule has 2 aliphatic heterocycles. The Hall–Kier alpha value is -11.9. The van der Waals surface area contributed by atoms with Gasteiger partial charge in [0.2, 0.25) is 76.8 Å². The van der Waals surface area contributed by atoms with Crippen LogP contribution < -0.4 is 92.1 Å². The third-order valence-corrected chi connectivity index (χ3v) is 19.1. The van der Waals surface area contributed by atoms with Gasteiger partial charge in [-0.15, -0.1) is 5.10 Å². The normalized spacial score (nSPS) is 22.5. The predicted octanol–water partition coefficient (Wildman–Crippen LogP) is -7.26. The maximum absolute atomic E-state index is 15.2. The highest BCUT2D eigenvalue weighted by molar-refractivity contribution is 7.80. The number of primary amides is 2. The van der Waals surface area contributed by atoms with Crippen molar-refractivity contribution in [2.75, 3.05) is 37.7 Å². The standard InChI is InChI=1S/C69H99N23O20S2/c1-34(93)55-65(108)85-47(28-54(97)98)66(109)92-24-5-4-14-51(92)64(107)82-42(11-6-21-75-68(72)73)58(101)87-50(33-114)63(106)80-41(12-7-22-76-69(74)112)56(99)83-45(26-36-30-77-40-10-3-2-9-39(36)40)60(103)81-44(19-20-52(71)95)59(102)79-43(57(100)86-48(67(110)111)25-35-15-17-38(94)18-16-35)13-8-23-91-31-37(89-90-91)27-46(61(104)88-55)84-62(105)49(32-113)78-53(96)29-70/h2-3,9-10,15-18,30-31,34,41-51,55,77,93-94,113-114H,4-8,11-14,19-29,32-33,70H2,1H3,(H2,71,95)(H,78,96)(H,79,102)(H,80,106)(H,81,103)(H,82,107)(H,83,99)(H,84,105)(H,85,108)(H,86,100)(H,87,101)(H,88,104)(H,97,98)(H,110,111)(H4,72,73,75)(H3,74,76,112)/t34-,41+,42+,43+,44+,45+,46+,47+,48+,49+,50+,51+,55+/m1/s1. The van der Waals surface area contributed by atoms with Crippen LogP contribution >= 0.6 is 25.3 Å². The molecular weight excluding hydrogens is 1540 g/mol. The number of urea groups is 1. The molecule has 4 aromatic rings. The third-order valence-electron chi connectivity index (χ3n) is 18.4. The Labute approximate surface area is 663 Å². The number of carbonyl (C=O) groups excluding carboxylic acids is 14. The number of aliphatic hydroxyl groups excluding tert-OH is 1. The Morgan fingerprint density at radius 1 is 0.675 bits per heavy atom. The van der Waals surface area contributed by atoms with Crippen molar-refractivity contribution in [3.63, 3.8) is 0 Å². The number of amides is 15. The molecule has 0 aliphatic carbocycles. The van der Waals surface area contributed by atoms with Crippen molar-refractivity contribution in [1.82, 2.24) is 94.0 Å². The number of guanidine groups is 1. The van der Waals surface area contributed by atoms with Crippen molar-refractivity contribution in [3.8, 4) is 5.75 Å². The van der Waals surface area contributed by atoms with Gasteiger partial charge in [-0.05, 0) is 100 Å². The number of aromatic amines is 1. The van der Waals surface area contributed by atoms with E-state index in [0.29, 0.717) is 22.0 Å². The van der Waals surface area contributed by atoms with E-state index >= 15 is 9.59 Å². The molecule has 2 aliphatic rings. The number of nitrogens with one attached hydrogen (secondary N) is 15. The number of nitrogens with two attached hydrogens (primary N) is 4. The predicted molar refractivity (Wildman–Crippen MR) is 410 cm³/mol. The second-order valence-corrected chi connectivity index (χ2v) is 27.9. The van der Waals surface area contributed by atoms with Crippen LogP contribution in [0.25, 0.3) is 10.9 Å². The smallest absolute Gasteiger partial charge is 0.326 e. The second kappa shape index (κ2) is 45.0. The van der Waals surface area contributed by atoms with E-state index < -0.39 is 217 Å². The van der Waals surface area contributed by atoms with Gasteiger partial charge in [0.05, 0.1) is 24.8 Å². The number of aromatic hydroxyl groups is 1. The number of carbonyl (C=O) groups is 16. The SMILES string of the molecule is C[C@@H](O)[C@@H]1NC(=O)[C@@H](NC(=O)[C@H](CS)NC(=O)CN)Cc2cn(nn2)CCC[C@@H](C(=O)N[C@@H](Cc2ccc(O)cc2)C(=O)O)NC(=O)[C@H](CCC(N)=O)NC(=O)[C@H](Cc2c[nH]c3ccccc23)NC(=O)[C@H](CCCNC(N)=O)NC(=O)[C@H](CS)NC(=O)[C@H](CCCNC(=N)N)NC(=O)[C@@H]2CCCCN2C(=O)[C@H](CC(=O)O)NC1=O. The molecule has 45 heteroatoms. The van der Waals surface area contributed by atoms with Crippen molar-refractivity contribution in [2.45, 2.75) is 188 Å². The molecule has 43 nitrogen and oxygen atoms in total. The number of benzene rings is 2. The molecule has 0 radical (unpaired) electrons. The van der Waals surface area contributed by atoms with Gasteiger partial charge in [0.1, 0.15) is 78.3 Å². The number of phenols is 1. The minimum atomic E-state index is -2.07. The van der Waals surface area contributed by atoms with Crippen molar-refractivity contribution in [1.29, 1.82) is 5.41 Å². The van der Waals surface area contributed by atoms with Crippen LogP contribution in [0.1, 0.15) is 101 Å². The summed E-state index contributed by atoms with van der Waals surface area (Å²) < 4.78 is 1.19. The molecule has 622 valence electrons. The van der Waals surface area contributed by atoms with Gasteiger partial charge < -0.3 is 122 Å². The number of carboxylic acids is 2. The first-order valence-corrected chi connectivity index (χ1v) is 37.7. The van der Waals surface area contributed by atoms with E-state index in [1.165, 1.54) is 41.3 Å². The molecule has 15 amide bonds. The lowest BCUT2D eigenvalue weighted by molar-refractivity contribution is -0.149. The van der Waals surface area contributed by atoms with E-state index in [4.69, 9.17) is 28.3 Å². The number of aryl methyl sites for hydroxylation is 1. The number of phenolic OH excluding ortho intramolecular Hbond substituents is 1. The number of hydrogen-bond acceptors (Lipinski definition) is 24. The number of nitrogens with zero attached hydrogens (tertiary/aromatic N) is 4. The van der Waals surface area contributed by atoms with Gasteiger partial charge in [0, 0.05) is 86.7 Å². The number of piperidine rings is 1. The van der Waals surface area contributed by atoms with Crippen molar-refractivity contribution in [2.24, 2.45) is 22.9 Å². The molecule has 6 rings (SSSR count). The molecule has 2 aromatic carbocycles. The van der Waals surface area contributed by atoms with Gasteiger partial charge in [-0.2, -0.15) is 25.3 Å². The fraction of sp³-hybridized carbons (Fsp3) is 0.522. The number of para-hydroxylation sites is 1. The summed E-state index contributed by atoms with van der Waals surface area (Å²) >= 11 is 8.50. The van der Waals surface area contributed by atoms with E-state index in [-0.39, 0.29) is 114 Å². The molecule has 1 fully saturated rings. The molecule has 114 heavy (non-hydrogen) atoms. The van der Waals surface area contributed by atoms with Crippen LogP contribution in [0.3, 0.4) is 0 Å². The Bertz CT molecular complexity index is 4110. The highest BCUT2D eigenvalue weighted by Gasteiger charge is 2.42. The number of aromatic nitrogens is 4. The van der Waals surface area contributed by atoms with Crippen LogP contribution in [0.5, 0.6) is 5.75 Å². The number of aliphatic carboxylic acids is 2. The average Bonchev–Trinajstić information content (AvgIpc) is 1.29. The van der Waals surface area contributed by atoms with Gasteiger partial charge in [0.15, 0.2) is 5.96 Å². The highest BCUT2D eigenvalue weighted by atomic mass is 32.1. The maximum Gasteiger partial charge on any atom is 0.326 e. The molecule has 13 atom stereocenters. The van der Waals surface area contributed by atoms with Crippen LogP contribution in [0, 0.1) is 5.41 Å². The number of hydrogen-bond donors (Lipinski definition) is 25. The third kappa shape index (κ3) is 28.7. The summed E-state index contributed by atoms with van der Waals surface area (Å²) in [5, 5.41) is 90.3. The molecule has 0 unspecified atom stereocenters. The van der Waals surface area contributed by atoms with Crippen molar-refractivity contribution in [3.05, 3.63) is 77.7 Å². The minimum Gasteiger partial charge on any atom is -0.508 e. The zero-order valence-corrected chi connectivity index (χ0v) is 63.9. The van der Waals surface area contributed by atoms with Gasteiger partial charge >= 0.3 is 18.0 Å². The zero-order chi connectivity index (χ0) is 83.9. The first-order valence-electron chi connectivity index (χ1n) is 36.5. The van der Waals surface area contributed by atoms with Crippen LogP contribution in [0.2, 0.25) is 0 Å². The summed E-state index contributed by atoms with van der Waals surface area (Å²) in [5.41, 5.74) is 23.2. The summed E-state index contributed by atoms with van der Waals surface area (Å²) in [6.45, 7) is -0.174. The lowest BCUT2D eigenvalue weighted by atomic mass is 9.98. The number of fused-ring (bicyclic) bond motifs is 4. The van der Waals surface area contributed by atoms with E-state index in [9.17, 15) is 87.5 Å². The lowest BCUT2D eigenvalue weighted by Gasteiger charge is -2.37. The summed E-state index contributed by atoms with van der Waals surface area (Å²) in [6.07, 6.45) is -3.45. The largest absolute Gasteiger partial charge is 0.508 e. The van der Waals surface area contributed by atoms with E-state index in [0.717, 1.165) is 11.8 Å². The molecule has 0 spiro atoms. The van der Waals surface area contributed by atoms with E-state index in [1.54, 1.807) is 24.3 Å². The average molecular weight is 1630 g/mol. The lowest BCUT2D eigenvalue weighted by Crippen LogP contribution is -2.63. The number of rotatable bonds is 27.